The standard InChI is InChI=1S/C12H14BrNO4S2/c1-8-2-3-9(13)6-11(8)20(17,18)14-4-5-19-7-10(14)12(15)16/h2-3,6,10H,4-5,7H2,1H3,(H,15,16). The van der Waals surface area contributed by atoms with Gasteiger partial charge < -0.3 is 5.11 Å². The molecule has 110 valence electrons. The fourth-order valence-electron chi connectivity index (χ4n) is 2.05. The number of aryl methyl sites for hydroxylation is 1. The maximum absolute atomic E-state index is 12.7. The molecule has 5 nitrogen and oxygen atoms in total. The maximum Gasteiger partial charge on any atom is 0.322 e. The van der Waals surface area contributed by atoms with Gasteiger partial charge in [-0.15, -0.1) is 0 Å². The number of nitrogens with zero attached hydrogens (tertiary/aromatic N) is 1. The molecule has 8 heteroatoms. The average molecular weight is 380 g/mol. The minimum Gasteiger partial charge on any atom is -0.480 e. The van der Waals surface area contributed by atoms with Crippen LogP contribution in [0.25, 0.3) is 0 Å². The maximum atomic E-state index is 12.7. The van der Waals surface area contributed by atoms with Crippen LogP contribution in [-0.4, -0.2) is 47.9 Å². The number of sulfonamides is 1. The summed E-state index contributed by atoms with van der Waals surface area (Å²) in [4.78, 5) is 11.4. The zero-order valence-corrected chi connectivity index (χ0v) is 14.0. The van der Waals surface area contributed by atoms with Gasteiger partial charge in [-0.1, -0.05) is 22.0 Å². The molecule has 0 bridgehead atoms. The van der Waals surface area contributed by atoms with Crippen molar-refractivity contribution >= 4 is 43.7 Å². The van der Waals surface area contributed by atoms with Gasteiger partial charge in [-0.3, -0.25) is 4.79 Å². The third-order valence-corrected chi connectivity index (χ3v) is 6.67. The molecule has 1 N–H and O–H groups in total. The number of benzene rings is 1. The lowest BCUT2D eigenvalue weighted by atomic mass is 10.2. The van der Waals surface area contributed by atoms with Gasteiger partial charge in [-0.2, -0.15) is 16.1 Å². The predicted molar refractivity (Wildman–Crippen MR) is 81.5 cm³/mol. The average Bonchev–Trinajstić information content (AvgIpc) is 2.41. The van der Waals surface area contributed by atoms with Gasteiger partial charge in [0.25, 0.3) is 0 Å². The number of hydrogen-bond acceptors (Lipinski definition) is 4. The van der Waals surface area contributed by atoms with Crippen LogP contribution in [0.5, 0.6) is 0 Å². The second-order valence-electron chi connectivity index (χ2n) is 4.45. The molecule has 0 amide bonds. The minimum atomic E-state index is -3.80. The lowest BCUT2D eigenvalue weighted by Crippen LogP contribution is -2.50. The molecule has 1 unspecified atom stereocenters. The highest BCUT2D eigenvalue weighted by atomic mass is 79.9. The van der Waals surface area contributed by atoms with Gasteiger partial charge >= 0.3 is 5.97 Å². The van der Waals surface area contributed by atoms with Gasteiger partial charge in [-0.25, -0.2) is 8.42 Å². The van der Waals surface area contributed by atoms with Crippen LogP contribution in [0.3, 0.4) is 0 Å². The summed E-state index contributed by atoms with van der Waals surface area (Å²) in [7, 11) is -3.80. The smallest absolute Gasteiger partial charge is 0.322 e. The summed E-state index contributed by atoms with van der Waals surface area (Å²) < 4.78 is 27.2. The van der Waals surface area contributed by atoms with Crippen molar-refractivity contribution in [3.8, 4) is 0 Å². The molecule has 1 aromatic rings. The lowest BCUT2D eigenvalue weighted by molar-refractivity contribution is -0.140. The number of rotatable bonds is 3. The van der Waals surface area contributed by atoms with Gasteiger partial charge in [0.05, 0.1) is 4.90 Å². The normalized spacial score (nSPS) is 20.8. The molecule has 1 saturated heterocycles. The molecule has 1 fully saturated rings. The zero-order chi connectivity index (χ0) is 14.9. The molecule has 1 aliphatic rings. The molecule has 0 saturated carbocycles. The van der Waals surface area contributed by atoms with Crippen molar-refractivity contribution in [1.29, 1.82) is 0 Å². The monoisotopic (exact) mass is 379 g/mol. The fourth-order valence-corrected chi connectivity index (χ4v) is 5.64. The molecule has 0 radical (unpaired) electrons. The van der Waals surface area contributed by atoms with Crippen molar-refractivity contribution in [2.75, 3.05) is 18.1 Å². The molecule has 1 aliphatic heterocycles. The highest BCUT2D eigenvalue weighted by Gasteiger charge is 2.38. The first-order valence-electron chi connectivity index (χ1n) is 5.92. The highest BCUT2D eigenvalue weighted by molar-refractivity contribution is 9.10. The number of hydrogen-bond donors (Lipinski definition) is 1. The van der Waals surface area contributed by atoms with E-state index in [4.69, 9.17) is 0 Å². The zero-order valence-electron chi connectivity index (χ0n) is 10.7. The van der Waals surface area contributed by atoms with E-state index < -0.39 is 22.0 Å². The van der Waals surface area contributed by atoms with Crippen LogP contribution in [0.15, 0.2) is 27.6 Å². The number of aliphatic carboxylic acids is 1. The van der Waals surface area contributed by atoms with E-state index in [0.717, 1.165) is 4.31 Å². The van der Waals surface area contributed by atoms with E-state index in [0.29, 0.717) is 15.8 Å². The Morgan fingerprint density at radius 3 is 2.85 bits per heavy atom. The molecule has 1 heterocycles. The van der Waals surface area contributed by atoms with E-state index in [1.165, 1.54) is 17.8 Å². The number of halogens is 1. The second-order valence-corrected chi connectivity index (χ2v) is 8.38. The van der Waals surface area contributed by atoms with E-state index in [1.54, 1.807) is 19.1 Å². The summed E-state index contributed by atoms with van der Waals surface area (Å²) in [5, 5.41) is 9.21. The van der Waals surface area contributed by atoms with Crippen molar-refractivity contribution in [1.82, 2.24) is 4.31 Å². The summed E-state index contributed by atoms with van der Waals surface area (Å²) in [6.45, 7) is 1.92. The topological polar surface area (TPSA) is 74.7 Å². The van der Waals surface area contributed by atoms with E-state index in [-0.39, 0.29) is 17.2 Å². The molecule has 0 spiro atoms. The Morgan fingerprint density at radius 1 is 1.50 bits per heavy atom. The van der Waals surface area contributed by atoms with Gasteiger partial charge in [-0.05, 0) is 24.6 Å². The van der Waals surface area contributed by atoms with Crippen molar-refractivity contribution in [3.63, 3.8) is 0 Å². The molecule has 20 heavy (non-hydrogen) atoms. The van der Waals surface area contributed by atoms with E-state index in [2.05, 4.69) is 15.9 Å². The highest BCUT2D eigenvalue weighted by Crippen LogP contribution is 2.28. The third kappa shape index (κ3) is 3.03. The summed E-state index contributed by atoms with van der Waals surface area (Å²) in [5.41, 5.74) is 0.607. The Labute approximate surface area is 130 Å². The quantitative estimate of drug-likeness (QED) is 0.868. The molecule has 0 aliphatic carbocycles. The Hall–Kier alpha value is -0.570. The summed E-state index contributed by atoms with van der Waals surface area (Å²) in [5.74, 6) is -0.217. The number of carboxylic acids is 1. The van der Waals surface area contributed by atoms with Gasteiger partial charge in [0.2, 0.25) is 10.0 Å². The first-order chi connectivity index (χ1) is 9.34. The first kappa shape index (κ1) is 15.8. The molecular formula is C12H14BrNO4S2. The van der Waals surface area contributed by atoms with Crippen LogP contribution < -0.4 is 0 Å². The van der Waals surface area contributed by atoms with Crippen LogP contribution in [0.1, 0.15) is 5.56 Å². The van der Waals surface area contributed by atoms with Crippen LogP contribution >= 0.6 is 27.7 Å². The molecule has 2 rings (SSSR count). The van der Waals surface area contributed by atoms with Crippen molar-refractivity contribution in [2.24, 2.45) is 0 Å². The number of carbonyl (C=O) groups is 1. The Bertz CT molecular complexity index is 632. The van der Waals surface area contributed by atoms with Gasteiger partial charge in [0, 0.05) is 22.5 Å². The summed E-state index contributed by atoms with van der Waals surface area (Å²) >= 11 is 4.71. The van der Waals surface area contributed by atoms with E-state index in [1.807, 2.05) is 0 Å². The fraction of sp³-hybridized carbons (Fsp3) is 0.417. The van der Waals surface area contributed by atoms with Crippen molar-refractivity contribution in [2.45, 2.75) is 17.9 Å². The van der Waals surface area contributed by atoms with Crippen molar-refractivity contribution < 1.29 is 18.3 Å². The predicted octanol–water partition coefficient (Wildman–Crippen LogP) is 1.95. The summed E-state index contributed by atoms with van der Waals surface area (Å²) in [6.07, 6.45) is 0. The van der Waals surface area contributed by atoms with E-state index >= 15 is 0 Å². The molecule has 1 atom stereocenters. The minimum absolute atomic E-state index is 0.157. The lowest BCUT2D eigenvalue weighted by Gasteiger charge is -2.32. The summed E-state index contributed by atoms with van der Waals surface area (Å²) in [6, 6.07) is 3.98. The van der Waals surface area contributed by atoms with Crippen molar-refractivity contribution in [3.05, 3.63) is 28.2 Å². The largest absolute Gasteiger partial charge is 0.480 e. The van der Waals surface area contributed by atoms with Gasteiger partial charge in [0.15, 0.2) is 0 Å². The van der Waals surface area contributed by atoms with Crippen LogP contribution in [0, 0.1) is 6.92 Å². The second kappa shape index (κ2) is 6.05. The molecular weight excluding hydrogens is 366 g/mol. The van der Waals surface area contributed by atoms with Gasteiger partial charge in [0.1, 0.15) is 6.04 Å². The number of carboxylic acid groups (broad SMARTS) is 1. The Balaban J connectivity index is 2.47. The SMILES string of the molecule is Cc1ccc(Br)cc1S(=O)(=O)N1CCSCC1C(=O)O. The third-order valence-electron chi connectivity index (χ3n) is 3.10. The molecule has 0 aromatic heterocycles. The van der Waals surface area contributed by atoms with Crippen LogP contribution in [0.4, 0.5) is 0 Å². The first-order valence-corrected chi connectivity index (χ1v) is 9.31. The Kier molecular flexibility index (Phi) is 4.78. The van der Waals surface area contributed by atoms with E-state index in [9.17, 15) is 18.3 Å². The van der Waals surface area contributed by atoms with Crippen LogP contribution in [0.2, 0.25) is 0 Å². The molecule has 1 aromatic carbocycles. The Morgan fingerprint density at radius 2 is 2.20 bits per heavy atom. The number of thioether (sulfide) groups is 1. The van der Waals surface area contributed by atoms with Crippen LogP contribution in [-0.2, 0) is 14.8 Å².